The number of rotatable bonds is 5. The zero-order chi connectivity index (χ0) is 18.5. The second-order valence-corrected chi connectivity index (χ2v) is 6.68. The maximum atomic E-state index is 12.5. The fourth-order valence-electron chi connectivity index (χ4n) is 3.40. The Hall–Kier alpha value is -2.15. The van der Waals surface area contributed by atoms with E-state index < -0.39 is 6.43 Å². The van der Waals surface area contributed by atoms with E-state index in [-0.39, 0.29) is 12.6 Å². The molecule has 3 rings (SSSR count). The third-order valence-corrected chi connectivity index (χ3v) is 4.91. The molecule has 0 bridgehead atoms. The zero-order valence-corrected chi connectivity index (χ0v) is 15.3. The lowest BCUT2D eigenvalue weighted by molar-refractivity contribution is 0.0744. The molecule has 1 fully saturated rings. The molecule has 5 nitrogen and oxygen atoms in total. The molecule has 0 aliphatic carbocycles. The maximum absolute atomic E-state index is 12.5. The summed E-state index contributed by atoms with van der Waals surface area (Å²) in [5.41, 5.74) is 2.01. The maximum Gasteiger partial charge on any atom is 0.251 e. The summed E-state index contributed by atoms with van der Waals surface area (Å²) in [4.78, 5) is 6.08. The van der Waals surface area contributed by atoms with E-state index in [0.717, 1.165) is 35.1 Å². The molecule has 1 saturated heterocycles. The van der Waals surface area contributed by atoms with Crippen molar-refractivity contribution in [1.29, 1.82) is 0 Å². The van der Waals surface area contributed by atoms with Gasteiger partial charge in [0.05, 0.1) is 13.1 Å². The molecule has 2 aromatic rings. The first-order chi connectivity index (χ1) is 12.6. The van der Waals surface area contributed by atoms with Crippen LogP contribution in [0, 0.1) is 6.92 Å². The standard InChI is InChI=1S/C19H26F2N4O/c1-13-15-5-3-4-6-16(15)26-17(13)11-23-19(22-2)24-14-7-9-25(10-8-14)12-18(20)21/h3-6,14,18H,7-12H2,1-2H3,(H2,22,23,24). The number of aliphatic imine (C=N–C) groups is 1. The number of para-hydroxylation sites is 1. The number of guanidine groups is 1. The molecule has 0 spiro atoms. The summed E-state index contributed by atoms with van der Waals surface area (Å²) < 4.78 is 30.8. The van der Waals surface area contributed by atoms with Crippen molar-refractivity contribution < 1.29 is 13.2 Å². The molecule has 0 saturated carbocycles. The molecule has 1 aliphatic heterocycles. The van der Waals surface area contributed by atoms with Crippen LogP contribution in [0.25, 0.3) is 11.0 Å². The minimum Gasteiger partial charge on any atom is -0.459 e. The topological polar surface area (TPSA) is 52.8 Å². The van der Waals surface area contributed by atoms with Crippen molar-refractivity contribution in [2.45, 2.75) is 38.8 Å². The van der Waals surface area contributed by atoms with Gasteiger partial charge in [-0.2, -0.15) is 0 Å². The summed E-state index contributed by atoms with van der Waals surface area (Å²) in [7, 11) is 1.73. The SMILES string of the molecule is CN=C(NCc1oc2ccccc2c1C)NC1CCN(CC(F)F)CC1. The number of hydrogen-bond donors (Lipinski definition) is 2. The van der Waals surface area contributed by atoms with Gasteiger partial charge in [-0.3, -0.25) is 9.89 Å². The van der Waals surface area contributed by atoms with Crippen molar-refractivity contribution in [3.8, 4) is 0 Å². The molecule has 2 N–H and O–H groups in total. The number of aryl methyl sites for hydroxylation is 1. The lowest BCUT2D eigenvalue weighted by atomic mass is 10.1. The van der Waals surface area contributed by atoms with Crippen LogP contribution in [-0.4, -0.2) is 50.0 Å². The van der Waals surface area contributed by atoms with Crippen LogP contribution in [0.1, 0.15) is 24.2 Å². The van der Waals surface area contributed by atoms with E-state index in [9.17, 15) is 8.78 Å². The van der Waals surface area contributed by atoms with Crippen LogP contribution in [0.3, 0.4) is 0 Å². The number of halogens is 2. The molecule has 2 heterocycles. The van der Waals surface area contributed by atoms with Gasteiger partial charge in [0.2, 0.25) is 0 Å². The number of piperidine rings is 1. The number of nitrogens with zero attached hydrogens (tertiary/aromatic N) is 2. The highest BCUT2D eigenvalue weighted by Gasteiger charge is 2.22. The molecule has 1 aromatic carbocycles. The molecular formula is C19H26F2N4O. The van der Waals surface area contributed by atoms with Crippen molar-refractivity contribution >= 4 is 16.9 Å². The van der Waals surface area contributed by atoms with Gasteiger partial charge in [-0.15, -0.1) is 0 Å². The van der Waals surface area contributed by atoms with E-state index in [1.54, 1.807) is 7.05 Å². The third kappa shape index (κ3) is 4.52. The first-order valence-corrected chi connectivity index (χ1v) is 9.01. The number of alkyl halides is 2. The van der Waals surface area contributed by atoms with Gasteiger partial charge in [0.25, 0.3) is 6.43 Å². The fraction of sp³-hybridized carbons (Fsp3) is 0.526. The van der Waals surface area contributed by atoms with Gasteiger partial charge in [0, 0.05) is 37.1 Å². The number of likely N-dealkylation sites (tertiary alicyclic amines) is 1. The fourth-order valence-corrected chi connectivity index (χ4v) is 3.40. The lowest BCUT2D eigenvalue weighted by Gasteiger charge is -2.32. The molecule has 0 amide bonds. The highest BCUT2D eigenvalue weighted by Crippen LogP contribution is 2.24. The Bertz CT molecular complexity index is 751. The summed E-state index contributed by atoms with van der Waals surface area (Å²) in [6, 6.07) is 8.22. The van der Waals surface area contributed by atoms with E-state index in [1.807, 2.05) is 23.1 Å². The number of fused-ring (bicyclic) bond motifs is 1. The van der Waals surface area contributed by atoms with Gasteiger partial charge >= 0.3 is 0 Å². The molecule has 0 atom stereocenters. The van der Waals surface area contributed by atoms with Gasteiger partial charge in [-0.25, -0.2) is 8.78 Å². The van der Waals surface area contributed by atoms with Crippen LogP contribution in [0.5, 0.6) is 0 Å². The second-order valence-electron chi connectivity index (χ2n) is 6.68. The normalized spacial score (nSPS) is 17.2. The van der Waals surface area contributed by atoms with E-state index in [0.29, 0.717) is 25.6 Å². The molecule has 0 unspecified atom stereocenters. The highest BCUT2D eigenvalue weighted by molar-refractivity contribution is 5.83. The Morgan fingerprint density at radius 2 is 2.04 bits per heavy atom. The number of nitrogens with one attached hydrogen (secondary N) is 2. The van der Waals surface area contributed by atoms with Gasteiger partial charge in [0.15, 0.2) is 5.96 Å². The quantitative estimate of drug-likeness (QED) is 0.632. The van der Waals surface area contributed by atoms with Crippen LogP contribution in [0.2, 0.25) is 0 Å². The van der Waals surface area contributed by atoms with Crippen LogP contribution < -0.4 is 10.6 Å². The summed E-state index contributed by atoms with van der Waals surface area (Å²) >= 11 is 0. The van der Waals surface area contributed by atoms with Gasteiger partial charge in [0.1, 0.15) is 11.3 Å². The summed E-state index contributed by atoms with van der Waals surface area (Å²) in [6.07, 6.45) is -0.602. The Kier molecular flexibility index (Phi) is 6.08. The van der Waals surface area contributed by atoms with E-state index in [4.69, 9.17) is 4.42 Å². The molecular weight excluding hydrogens is 338 g/mol. The lowest BCUT2D eigenvalue weighted by Crippen LogP contribution is -2.49. The Balaban J connectivity index is 1.51. The van der Waals surface area contributed by atoms with Crippen LogP contribution >= 0.6 is 0 Å². The Morgan fingerprint density at radius 3 is 2.69 bits per heavy atom. The molecule has 0 radical (unpaired) electrons. The van der Waals surface area contributed by atoms with Crippen molar-refractivity contribution in [3.63, 3.8) is 0 Å². The minimum absolute atomic E-state index is 0.134. The van der Waals surface area contributed by atoms with Crippen molar-refractivity contribution in [1.82, 2.24) is 15.5 Å². The first kappa shape index (κ1) is 18.6. The highest BCUT2D eigenvalue weighted by atomic mass is 19.3. The monoisotopic (exact) mass is 364 g/mol. The Labute approximate surface area is 152 Å². The minimum atomic E-state index is -2.26. The average molecular weight is 364 g/mol. The van der Waals surface area contributed by atoms with Crippen molar-refractivity contribution in [2.24, 2.45) is 4.99 Å². The average Bonchev–Trinajstić information content (AvgIpc) is 2.96. The smallest absolute Gasteiger partial charge is 0.251 e. The Morgan fingerprint density at radius 1 is 1.31 bits per heavy atom. The predicted molar refractivity (Wildman–Crippen MR) is 99.8 cm³/mol. The first-order valence-electron chi connectivity index (χ1n) is 9.01. The largest absolute Gasteiger partial charge is 0.459 e. The molecule has 142 valence electrons. The van der Waals surface area contributed by atoms with E-state index >= 15 is 0 Å². The van der Waals surface area contributed by atoms with Gasteiger partial charge in [-0.05, 0) is 25.8 Å². The van der Waals surface area contributed by atoms with Crippen LogP contribution in [0.15, 0.2) is 33.7 Å². The van der Waals surface area contributed by atoms with Gasteiger partial charge in [-0.1, -0.05) is 18.2 Å². The predicted octanol–water partition coefficient (Wildman–Crippen LogP) is 3.14. The molecule has 7 heteroatoms. The summed E-state index contributed by atoms with van der Waals surface area (Å²) in [5, 5.41) is 7.80. The van der Waals surface area contributed by atoms with Crippen LogP contribution in [-0.2, 0) is 6.54 Å². The number of benzene rings is 1. The third-order valence-electron chi connectivity index (χ3n) is 4.91. The van der Waals surface area contributed by atoms with Gasteiger partial charge < -0.3 is 15.1 Å². The van der Waals surface area contributed by atoms with Crippen molar-refractivity contribution in [3.05, 3.63) is 35.6 Å². The van der Waals surface area contributed by atoms with Crippen LogP contribution in [0.4, 0.5) is 8.78 Å². The van der Waals surface area contributed by atoms with E-state index in [2.05, 4.69) is 28.6 Å². The number of furan rings is 1. The summed E-state index contributed by atoms with van der Waals surface area (Å²) in [5.74, 6) is 1.60. The van der Waals surface area contributed by atoms with E-state index in [1.165, 1.54) is 0 Å². The summed E-state index contributed by atoms with van der Waals surface area (Å²) in [6.45, 7) is 3.83. The molecule has 26 heavy (non-hydrogen) atoms. The molecule has 1 aliphatic rings. The van der Waals surface area contributed by atoms with Crippen molar-refractivity contribution in [2.75, 3.05) is 26.7 Å². The second kappa shape index (κ2) is 8.49. The number of hydrogen-bond acceptors (Lipinski definition) is 3. The molecule has 1 aromatic heterocycles. The zero-order valence-electron chi connectivity index (χ0n) is 15.3.